The third kappa shape index (κ3) is 3.03. The highest BCUT2D eigenvalue weighted by atomic mass is 32.1. The van der Waals surface area contributed by atoms with Gasteiger partial charge in [0, 0.05) is 18.3 Å². The Hall–Kier alpha value is -2.40. The van der Waals surface area contributed by atoms with Crippen LogP contribution in [0.25, 0.3) is 11.1 Å². The molecule has 4 nitrogen and oxygen atoms in total. The van der Waals surface area contributed by atoms with Crippen LogP contribution in [-0.4, -0.2) is 10.1 Å². The first-order valence-electron chi connectivity index (χ1n) is 6.62. The Morgan fingerprint density at radius 2 is 1.90 bits per heavy atom. The second kappa shape index (κ2) is 5.54. The number of aromatic nitrogens is 1. The highest BCUT2D eigenvalue weighted by Gasteiger charge is 2.05. The highest BCUT2D eigenvalue weighted by molar-refractivity contribution is 7.80. The molecule has 21 heavy (non-hydrogen) atoms. The maximum Gasteiger partial charge on any atom is 0.192 e. The molecule has 0 aliphatic carbocycles. The maximum absolute atomic E-state index is 5.45. The van der Waals surface area contributed by atoms with E-state index in [0.717, 1.165) is 28.0 Å². The standard InChI is InChI=1S/C16H15N3OS/c1-10-5-3-4-6-13(10)19-16(21)18-12-7-8-15-14(9-12)17-11(2)20-15/h3-9H,1-2H3,(H2,18,19,21). The van der Waals surface area contributed by atoms with Crippen molar-refractivity contribution in [3.8, 4) is 0 Å². The lowest BCUT2D eigenvalue weighted by atomic mass is 10.2. The molecular formula is C16H15N3OS. The zero-order valence-corrected chi connectivity index (χ0v) is 12.6. The van der Waals surface area contributed by atoms with Gasteiger partial charge in [0.1, 0.15) is 5.52 Å². The molecule has 0 spiro atoms. The number of fused-ring (bicyclic) bond motifs is 1. The van der Waals surface area contributed by atoms with Crippen LogP contribution in [0, 0.1) is 13.8 Å². The Labute approximate surface area is 128 Å². The van der Waals surface area contributed by atoms with Crippen LogP contribution in [0.3, 0.4) is 0 Å². The van der Waals surface area contributed by atoms with E-state index in [9.17, 15) is 0 Å². The van der Waals surface area contributed by atoms with E-state index < -0.39 is 0 Å². The van der Waals surface area contributed by atoms with Gasteiger partial charge < -0.3 is 15.1 Å². The molecule has 2 aromatic carbocycles. The van der Waals surface area contributed by atoms with Crippen LogP contribution >= 0.6 is 12.2 Å². The molecule has 0 saturated heterocycles. The van der Waals surface area contributed by atoms with Gasteiger partial charge in [0.2, 0.25) is 0 Å². The third-order valence-electron chi connectivity index (χ3n) is 3.15. The molecule has 1 heterocycles. The summed E-state index contributed by atoms with van der Waals surface area (Å²) in [5.41, 5.74) is 4.60. The summed E-state index contributed by atoms with van der Waals surface area (Å²) in [6.07, 6.45) is 0. The minimum atomic E-state index is 0.545. The average Bonchev–Trinajstić information content (AvgIpc) is 2.80. The lowest BCUT2D eigenvalue weighted by molar-refractivity contribution is 0.561. The SMILES string of the molecule is Cc1nc2cc(NC(=S)Nc3ccccc3C)ccc2o1. The normalized spacial score (nSPS) is 10.6. The zero-order valence-electron chi connectivity index (χ0n) is 11.8. The maximum atomic E-state index is 5.45. The van der Waals surface area contributed by atoms with Crippen molar-refractivity contribution in [3.63, 3.8) is 0 Å². The Kier molecular flexibility index (Phi) is 3.58. The van der Waals surface area contributed by atoms with E-state index in [1.807, 2.05) is 56.3 Å². The van der Waals surface area contributed by atoms with E-state index in [2.05, 4.69) is 15.6 Å². The molecule has 3 rings (SSSR count). The van der Waals surface area contributed by atoms with Crippen molar-refractivity contribution in [2.75, 3.05) is 10.6 Å². The van der Waals surface area contributed by atoms with Crippen molar-refractivity contribution in [3.05, 3.63) is 53.9 Å². The summed E-state index contributed by atoms with van der Waals surface area (Å²) in [7, 11) is 0. The number of rotatable bonds is 2. The number of benzene rings is 2. The van der Waals surface area contributed by atoms with Crippen molar-refractivity contribution in [1.82, 2.24) is 4.98 Å². The van der Waals surface area contributed by atoms with Crippen LogP contribution in [0.5, 0.6) is 0 Å². The van der Waals surface area contributed by atoms with Crippen molar-refractivity contribution >= 4 is 39.8 Å². The molecule has 0 fully saturated rings. The summed E-state index contributed by atoms with van der Waals surface area (Å²) in [6, 6.07) is 13.7. The monoisotopic (exact) mass is 297 g/mol. The fourth-order valence-electron chi connectivity index (χ4n) is 2.12. The molecule has 2 N–H and O–H groups in total. The Morgan fingerprint density at radius 3 is 2.71 bits per heavy atom. The summed E-state index contributed by atoms with van der Waals surface area (Å²) >= 11 is 5.34. The first-order chi connectivity index (χ1) is 10.1. The van der Waals surface area contributed by atoms with E-state index in [4.69, 9.17) is 16.6 Å². The summed E-state index contributed by atoms with van der Waals surface area (Å²) in [5, 5.41) is 6.89. The van der Waals surface area contributed by atoms with Gasteiger partial charge in [0.25, 0.3) is 0 Å². The van der Waals surface area contributed by atoms with Crippen molar-refractivity contribution < 1.29 is 4.42 Å². The van der Waals surface area contributed by atoms with Gasteiger partial charge in [-0.3, -0.25) is 0 Å². The van der Waals surface area contributed by atoms with Gasteiger partial charge in [-0.05, 0) is 49.0 Å². The first kappa shape index (κ1) is 13.6. The first-order valence-corrected chi connectivity index (χ1v) is 7.03. The van der Waals surface area contributed by atoms with E-state index in [-0.39, 0.29) is 0 Å². The lowest BCUT2D eigenvalue weighted by Gasteiger charge is -2.12. The molecule has 0 aliphatic rings. The number of nitrogens with one attached hydrogen (secondary N) is 2. The summed E-state index contributed by atoms with van der Waals surface area (Å²) in [4.78, 5) is 4.31. The van der Waals surface area contributed by atoms with Gasteiger partial charge in [-0.2, -0.15) is 0 Å². The van der Waals surface area contributed by atoms with E-state index in [1.54, 1.807) is 0 Å². The topological polar surface area (TPSA) is 50.1 Å². The minimum Gasteiger partial charge on any atom is -0.441 e. The highest BCUT2D eigenvalue weighted by Crippen LogP contribution is 2.20. The molecule has 106 valence electrons. The number of nitrogens with zero attached hydrogens (tertiary/aromatic N) is 1. The molecule has 0 unspecified atom stereocenters. The van der Waals surface area contributed by atoms with Gasteiger partial charge in [-0.1, -0.05) is 18.2 Å². The number of hydrogen-bond acceptors (Lipinski definition) is 3. The van der Waals surface area contributed by atoms with Gasteiger partial charge in [-0.25, -0.2) is 4.98 Å². The predicted octanol–water partition coefficient (Wildman–Crippen LogP) is 4.25. The Morgan fingerprint density at radius 1 is 1.10 bits per heavy atom. The second-order valence-corrected chi connectivity index (χ2v) is 5.22. The van der Waals surface area contributed by atoms with Gasteiger partial charge in [0.05, 0.1) is 0 Å². The van der Waals surface area contributed by atoms with E-state index in [0.29, 0.717) is 11.0 Å². The molecule has 3 aromatic rings. The van der Waals surface area contributed by atoms with Gasteiger partial charge in [-0.15, -0.1) is 0 Å². The minimum absolute atomic E-state index is 0.545. The number of aryl methyl sites for hydroxylation is 2. The summed E-state index contributed by atoms with van der Waals surface area (Å²) < 4.78 is 5.45. The second-order valence-electron chi connectivity index (χ2n) is 4.81. The third-order valence-corrected chi connectivity index (χ3v) is 3.35. The van der Waals surface area contributed by atoms with Crippen LogP contribution in [0.15, 0.2) is 46.9 Å². The van der Waals surface area contributed by atoms with Crippen molar-refractivity contribution in [2.45, 2.75) is 13.8 Å². The Bertz CT molecular complexity index is 810. The van der Waals surface area contributed by atoms with Crippen LogP contribution < -0.4 is 10.6 Å². The van der Waals surface area contributed by atoms with Gasteiger partial charge in [0.15, 0.2) is 16.6 Å². The smallest absolute Gasteiger partial charge is 0.192 e. The van der Waals surface area contributed by atoms with E-state index in [1.165, 1.54) is 0 Å². The number of para-hydroxylation sites is 1. The molecule has 0 aliphatic heterocycles. The van der Waals surface area contributed by atoms with Crippen LogP contribution in [0.2, 0.25) is 0 Å². The zero-order chi connectivity index (χ0) is 14.8. The predicted molar refractivity (Wildman–Crippen MR) is 89.8 cm³/mol. The van der Waals surface area contributed by atoms with E-state index >= 15 is 0 Å². The van der Waals surface area contributed by atoms with Crippen molar-refractivity contribution in [1.29, 1.82) is 0 Å². The van der Waals surface area contributed by atoms with Crippen LogP contribution in [0.4, 0.5) is 11.4 Å². The quantitative estimate of drug-likeness (QED) is 0.692. The molecule has 0 saturated carbocycles. The van der Waals surface area contributed by atoms with Crippen LogP contribution in [0.1, 0.15) is 11.5 Å². The number of anilines is 2. The number of oxazole rings is 1. The lowest BCUT2D eigenvalue weighted by Crippen LogP contribution is -2.19. The molecule has 0 amide bonds. The number of thiocarbonyl (C=S) groups is 1. The largest absolute Gasteiger partial charge is 0.441 e. The van der Waals surface area contributed by atoms with Crippen molar-refractivity contribution in [2.24, 2.45) is 0 Å². The molecule has 0 radical (unpaired) electrons. The molecule has 0 bridgehead atoms. The summed E-state index contributed by atoms with van der Waals surface area (Å²) in [5.74, 6) is 0.655. The molecule has 0 atom stereocenters. The summed E-state index contributed by atoms with van der Waals surface area (Å²) in [6.45, 7) is 3.87. The number of hydrogen-bond donors (Lipinski definition) is 2. The Balaban J connectivity index is 1.75. The van der Waals surface area contributed by atoms with Gasteiger partial charge >= 0.3 is 0 Å². The fraction of sp³-hybridized carbons (Fsp3) is 0.125. The molecule has 5 heteroatoms. The van der Waals surface area contributed by atoms with Crippen LogP contribution in [-0.2, 0) is 0 Å². The average molecular weight is 297 g/mol. The molecular weight excluding hydrogens is 282 g/mol. The molecule has 1 aromatic heterocycles. The fourth-order valence-corrected chi connectivity index (χ4v) is 2.35.